The van der Waals surface area contributed by atoms with Crippen molar-refractivity contribution in [2.75, 3.05) is 0 Å². The standard InChI is InChI=1S/C15H21N3/c1-3-8-13(9-4-2)15-17-16-12-18(15)14-10-6-5-7-11-14/h5-7,10-13H,3-4,8-9H2,1-2H3. The van der Waals surface area contributed by atoms with Gasteiger partial charge in [-0.1, -0.05) is 44.9 Å². The first-order chi connectivity index (χ1) is 8.86. The van der Waals surface area contributed by atoms with Crippen LogP contribution in [0.4, 0.5) is 0 Å². The predicted molar refractivity (Wildman–Crippen MR) is 73.9 cm³/mol. The summed E-state index contributed by atoms with van der Waals surface area (Å²) in [5.74, 6) is 1.62. The Bertz CT molecular complexity index is 456. The summed E-state index contributed by atoms with van der Waals surface area (Å²) in [5, 5.41) is 8.44. The van der Waals surface area contributed by atoms with Gasteiger partial charge in [-0.25, -0.2) is 0 Å². The van der Waals surface area contributed by atoms with Crippen LogP contribution in [-0.4, -0.2) is 14.8 Å². The molecule has 3 heteroatoms. The molecule has 2 rings (SSSR count). The molecule has 0 bridgehead atoms. The molecule has 1 aromatic heterocycles. The normalized spacial score (nSPS) is 11.1. The molecule has 0 saturated heterocycles. The Kier molecular flexibility index (Phi) is 4.51. The fourth-order valence-electron chi connectivity index (χ4n) is 2.41. The number of para-hydroxylation sites is 1. The van der Waals surface area contributed by atoms with Gasteiger partial charge in [-0.2, -0.15) is 0 Å². The average Bonchev–Trinajstić information content (AvgIpc) is 2.88. The van der Waals surface area contributed by atoms with Crippen molar-refractivity contribution in [2.45, 2.75) is 45.4 Å². The van der Waals surface area contributed by atoms with Crippen LogP contribution in [0.15, 0.2) is 36.7 Å². The highest BCUT2D eigenvalue weighted by molar-refractivity contribution is 5.32. The van der Waals surface area contributed by atoms with Crippen molar-refractivity contribution in [1.29, 1.82) is 0 Å². The molecule has 1 aromatic carbocycles. The summed E-state index contributed by atoms with van der Waals surface area (Å²) in [6.45, 7) is 4.46. The summed E-state index contributed by atoms with van der Waals surface area (Å²) < 4.78 is 2.12. The molecule has 0 atom stereocenters. The van der Waals surface area contributed by atoms with Gasteiger partial charge in [-0.3, -0.25) is 4.57 Å². The van der Waals surface area contributed by atoms with Crippen molar-refractivity contribution in [3.63, 3.8) is 0 Å². The largest absolute Gasteiger partial charge is 0.285 e. The first kappa shape index (κ1) is 12.8. The Morgan fingerprint density at radius 3 is 2.33 bits per heavy atom. The van der Waals surface area contributed by atoms with Crippen LogP contribution in [0.5, 0.6) is 0 Å². The number of nitrogens with zero attached hydrogens (tertiary/aromatic N) is 3. The molecule has 2 aromatic rings. The molecular formula is C15H21N3. The van der Waals surface area contributed by atoms with E-state index in [0.29, 0.717) is 5.92 Å². The van der Waals surface area contributed by atoms with Gasteiger partial charge in [0.05, 0.1) is 0 Å². The monoisotopic (exact) mass is 243 g/mol. The highest BCUT2D eigenvalue weighted by Gasteiger charge is 2.17. The minimum atomic E-state index is 0.516. The number of rotatable bonds is 6. The maximum Gasteiger partial charge on any atom is 0.140 e. The van der Waals surface area contributed by atoms with Crippen LogP contribution in [0.2, 0.25) is 0 Å². The molecule has 0 fully saturated rings. The Labute approximate surface area is 109 Å². The zero-order chi connectivity index (χ0) is 12.8. The van der Waals surface area contributed by atoms with E-state index in [1.807, 2.05) is 24.5 Å². The van der Waals surface area contributed by atoms with E-state index in [1.54, 1.807) is 0 Å². The average molecular weight is 243 g/mol. The molecule has 96 valence electrons. The second-order valence-corrected chi connectivity index (χ2v) is 4.67. The highest BCUT2D eigenvalue weighted by Crippen LogP contribution is 2.26. The van der Waals surface area contributed by atoms with Crippen molar-refractivity contribution in [1.82, 2.24) is 14.8 Å². The van der Waals surface area contributed by atoms with Gasteiger partial charge >= 0.3 is 0 Å². The second-order valence-electron chi connectivity index (χ2n) is 4.67. The van der Waals surface area contributed by atoms with E-state index in [4.69, 9.17) is 0 Å². The number of hydrogen-bond donors (Lipinski definition) is 0. The first-order valence-corrected chi connectivity index (χ1v) is 6.82. The van der Waals surface area contributed by atoms with E-state index >= 15 is 0 Å². The van der Waals surface area contributed by atoms with Gasteiger partial charge in [0.1, 0.15) is 12.2 Å². The molecule has 0 aliphatic carbocycles. The van der Waals surface area contributed by atoms with Gasteiger partial charge in [0.2, 0.25) is 0 Å². The van der Waals surface area contributed by atoms with Gasteiger partial charge in [-0.05, 0) is 25.0 Å². The minimum Gasteiger partial charge on any atom is -0.285 e. The summed E-state index contributed by atoms with van der Waals surface area (Å²) >= 11 is 0. The first-order valence-electron chi connectivity index (χ1n) is 6.82. The molecule has 0 N–H and O–H groups in total. The summed E-state index contributed by atoms with van der Waals surface area (Å²) in [7, 11) is 0. The molecule has 0 unspecified atom stereocenters. The van der Waals surface area contributed by atoms with Gasteiger partial charge < -0.3 is 0 Å². The maximum absolute atomic E-state index is 4.34. The molecule has 0 saturated carbocycles. The fourth-order valence-corrected chi connectivity index (χ4v) is 2.41. The van der Waals surface area contributed by atoms with Crippen molar-refractivity contribution >= 4 is 0 Å². The highest BCUT2D eigenvalue weighted by atomic mass is 15.3. The lowest BCUT2D eigenvalue weighted by Crippen LogP contribution is -2.07. The van der Waals surface area contributed by atoms with E-state index in [9.17, 15) is 0 Å². The molecule has 0 amide bonds. The molecule has 0 aliphatic rings. The summed E-state index contributed by atoms with van der Waals surface area (Å²) in [6, 6.07) is 10.3. The Hall–Kier alpha value is -1.64. The lowest BCUT2D eigenvalue weighted by Gasteiger charge is -2.15. The van der Waals surface area contributed by atoms with Crippen LogP contribution in [0, 0.1) is 0 Å². The molecule has 0 spiro atoms. The van der Waals surface area contributed by atoms with Gasteiger partial charge in [0.25, 0.3) is 0 Å². The van der Waals surface area contributed by atoms with Crippen molar-refractivity contribution in [3.8, 4) is 5.69 Å². The van der Waals surface area contributed by atoms with Crippen LogP contribution >= 0.6 is 0 Å². The number of benzene rings is 1. The van der Waals surface area contributed by atoms with Crippen LogP contribution in [0.25, 0.3) is 5.69 Å². The van der Waals surface area contributed by atoms with Crippen molar-refractivity contribution in [2.24, 2.45) is 0 Å². The second kappa shape index (κ2) is 6.34. The SMILES string of the molecule is CCCC(CCC)c1nncn1-c1ccccc1. The van der Waals surface area contributed by atoms with Crippen LogP contribution < -0.4 is 0 Å². The van der Waals surface area contributed by atoms with E-state index < -0.39 is 0 Å². The molecule has 18 heavy (non-hydrogen) atoms. The van der Waals surface area contributed by atoms with E-state index in [1.165, 1.54) is 25.7 Å². The Morgan fingerprint density at radius 2 is 1.72 bits per heavy atom. The third-order valence-corrected chi connectivity index (χ3v) is 3.25. The van der Waals surface area contributed by atoms with E-state index in [2.05, 4.69) is 40.7 Å². The topological polar surface area (TPSA) is 30.7 Å². The number of hydrogen-bond acceptors (Lipinski definition) is 2. The lowest BCUT2D eigenvalue weighted by atomic mass is 9.97. The quantitative estimate of drug-likeness (QED) is 0.769. The van der Waals surface area contributed by atoms with Gasteiger partial charge in [0.15, 0.2) is 0 Å². The third-order valence-electron chi connectivity index (χ3n) is 3.25. The minimum absolute atomic E-state index is 0.516. The van der Waals surface area contributed by atoms with Crippen molar-refractivity contribution < 1.29 is 0 Å². The maximum atomic E-state index is 4.34. The summed E-state index contributed by atoms with van der Waals surface area (Å²) in [4.78, 5) is 0. The van der Waals surface area contributed by atoms with Crippen molar-refractivity contribution in [3.05, 3.63) is 42.5 Å². The molecule has 0 aliphatic heterocycles. The summed E-state index contributed by atoms with van der Waals surface area (Å²) in [6.07, 6.45) is 6.56. The van der Waals surface area contributed by atoms with E-state index in [-0.39, 0.29) is 0 Å². The van der Waals surface area contributed by atoms with Crippen LogP contribution in [0.1, 0.15) is 51.3 Å². The Morgan fingerprint density at radius 1 is 1.06 bits per heavy atom. The predicted octanol–water partition coefficient (Wildman–Crippen LogP) is 3.95. The molecule has 0 radical (unpaired) electrons. The molecule has 3 nitrogen and oxygen atoms in total. The van der Waals surface area contributed by atoms with Gasteiger partial charge in [0, 0.05) is 11.6 Å². The zero-order valence-electron chi connectivity index (χ0n) is 11.2. The fraction of sp³-hybridized carbons (Fsp3) is 0.467. The molecule has 1 heterocycles. The van der Waals surface area contributed by atoms with Gasteiger partial charge in [-0.15, -0.1) is 10.2 Å². The summed E-state index contributed by atoms with van der Waals surface area (Å²) in [5.41, 5.74) is 1.15. The van der Waals surface area contributed by atoms with Crippen LogP contribution in [0.3, 0.4) is 0 Å². The zero-order valence-corrected chi connectivity index (χ0v) is 11.2. The third kappa shape index (κ3) is 2.78. The van der Waals surface area contributed by atoms with Crippen LogP contribution in [-0.2, 0) is 0 Å². The molecular weight excluding hydrogens is 222 g/mol. The lowest BCUT2D eigenvalue weighted by molar-refractivity contribution is 0.526. The Balaban J connectivity index is 2.31. The number of aromatic nitrogens is 3. The van der Waals surface area contributed by atoms with E-state index in [0.717, 1.165) is 11.5 Å². The smallest absolute Gasteiger partial charge is 0.140 e.